The Morgan fingerprint density at radius 1 is 1.25 bits per heavy atom. The topological polar surface area (TPSA) is 63.7 Å². The molecule has 3 rings (SSSR count). The first-order valence-electron chi connectivity index (χ1n) is 8.97. The van der Waals surface area contributed by atoms with Gasteiger partial charge in [0.25, 0.3) is 5.91 Å². The lowest BCUT2D eigenvalue weighted by molar-refractivity contribution is 0.0681. The van der Waals surface area contributed by atoms with Crippen LogP contribution >= 0.6 is 15.9 Å². The maximum absolute atomic E-state index is 13.2. The van der Waals surface area contributed by atoms with Crippen LogP contribution < -0.4 is 4.74 Å². The van der Waals surface area contributed by atoms with Crippen molar-refractivity contribution in [3.8, 4) is 5.75 Å². The maximum atomic E-state index is 13.2. The van der Waals surface area contributed by atoms with Crippen LogP contribution in [-0.2, 0) is 16.4 Å². The van der Waals surface area contributed by atoms with Crippen molar-refractivity contribution in [3.63, 3.8) is 0 Å². The highest BCUT2D eigenvalue weighted by atomic mass is 79.9. The van der Waals surface area contributed by atoms with E-state index in [0.29, 0.717) is 30.9 Å². The van der Waals surface area contributed by atoms with Crippen molar-refractivity contribution in [2.24, 2.45) is 0 Å². The Labute approximate surface area is 174 Å². The van der Waals surface area contributed by atoms with E-state index in [-0.39, 0.29) is 23.5 Å². The summed E-state index contributed by atoms with van der Waals surface area (Å²) in [6.07, 6.45) is 2.11. The summed E-state index contributed by atoms with van der Waals surface area (Å²) in [4.78, 5) is 14.9. The number of rotatable bonds is 7. The first-order valence-corrected chi connectivity index (χ1v) is 11.6. The molecule has 0 spiro atoms. The first kappa shape index (κ1) is 20.6. The Morgan fingerprint density at radius 3 is 2.61 bits per heavy atom. The number of hydrogen-bond acceptors (Lipinski definition) is 4. The quantitative estimate of drug-likeness (QED) is 0.585. The molecule has 2 aromatic carbocycles. The molecule has 0 aromatic heterocycles. The van der Waals surface area contributed by atoms with Crippen molar-refractivity contribution in [2.75, 3.05) is 18.1 Å². The van der Waals surface area contributed by atoms with Gasteiger partial charge in [-0.05, 0) is 48.4 Å². The smallest absolute Gasteiger partial charge is 0.254 e. The third kappa shape index (κ3) is 5.23. The summed E-state index contributed by atoms with van der Waals surface area (Å²) in [5.74, 6) is 0.595. The van der Waals surface area contributed by atoms with Crippen molar-refractivity contribution < 1.29 is 17.9 Å². The molecule has 1 fully saturated rings. The number of hydrogen-bond donors (Lipinski definition) is 0. The minimum absolute atomic E-state index is 0.00721. The maximum Gasteiger partial charge on any atom is 0.254 e. The molecule has 0 aliphatic carbocycles. The second-order valence-corrected chi connectivity index (χ2v) is 9.89. The molecule has 148 valence electrons. The van der Waals surface area contributed by atoms with Crippen LogP contribution in [-0.4, -0.2) is 43.4 Å². The molecule has 1 saturated heterocycles. The van der Waals surface area contributed by atoms with Gasteiger partial charge in [-0.25, -0.2) is 8.42 Å². The Morgan fingerprint density at radius 2 is 2.00 bits per heavy atom. The average molecular weight is 464 g/mol. The molecule has 1 heterocycles. The summed E-state index contributed by atoms with van der Waals surface area (Å²) in [5, 5.41) is 0. The highest BCUT2D eigenvalue weighted by molar-refractivity contribution is 9.10. The SMILES string of the molecule is C=CCOc1ccc(C(=O)N(Cc2cccc(Br)c2)[C@H]2CCS(=O)(=O)C2)cc1. The van der Waals surface area contributed by atoms with Crippen LogP contribution in [0.5, 0.6) is 5.75 Å². The van der Waals surface area contributed by atoms with Crippen molar-refractivity contribution in [2.45, 2.75) is 19.0 Å². The zero-order valence-corrected chi connectivity index (χ0v) is 17.8. The summed E-state index contributed by atoms with van der Waals surface area (Å²) in [5.41, 5.74) is 1.45. The zero-order valence-electron chi connectivity index (χ0n) is 15.4. The average Bonchev–Trinajstić information content (AvgIpc) is 3.04. The van der Waals surface area contributed by atoms with E-state index in [0.717, 1.165) is 10.0 Å². The van der Waals surface area contributed by atoms with Gasteiger partial charge in [-0.2, -0.15) is 0 Å². The van der Waals surface area contributed by atoms with Crippen LogP contribution in [0.15, 0.2) is 65.7 Å². The van der Waals surface area contributed by atoms with E-state index in [2.05, 4.69) is 22.5 Å². The molecular formula is C21H22BrNO4S. The van der Waals surface area contributed by atoms with Crippen molar-refractivity contribution in [1.82, 2.24) is 4.90 Å². The van der Waals surface area contributed by atoms with Crippen LogP contribution in [0.3, 0.4) is 0 Å². The van der Waals surface area contributed by atoms with Gasteiger partial charge in [-0.3, -0.25) is 4.79 Å². The predicted molar refractivity (Wildman–Crippen MR) is 113 cm³/mol. The zero-order chi connectivity index (χ0) is 20.1. The molecule has 0 saturated carbocycles. The number of carbonyl (C=O) groups is 1. The van der Waals surface area contributed by atoms with E-state index >= 15 is 0 Å². The number of amides is 1. The van der Waals surface area contributed by atoms with E-state index < -0.39 is 9.84 Å². The van der Waals surface area contributed by atoms with Gasteiger partial charge in [0.15, 0.2) is 9.84 Å². The lowest BCUT2D eigenvalue weighted by Crippen LogP contribution is -2.40. The molecule has 1 amide bonds. The van der Waals surface area contributed by atoms with E-state index in [9.17, 15) is 13.2 Å². The van der Waals surface area contributed by atoms with E-state index in [1.807, 2.05) is 24.3 Å². The Hall–Kier alpha value is -2.12. The van der Waals surface area contributed by atoms with Crippen LogP contribution in [0.1, 0.15) is 22.3 Å². The van der Waals surface area contributed by atoms with Crippen LogP contribution in [0.4, 0.5) is 0 Å². The van der Waals surface area contributed by atoms with Gasteiger partial charge < -0.3 is 9.64 Å². The normalized spacial score (nSPS) is 17.8. The molecule has 1 atom stereocenters. The fourth-order valence-corrected chi connectivity index (χ4v) is 5.41. The van der Waals surface area contributed by atoms with Crippen LogP contribution in [0.25, 0.3) is 0 Å². The number of nitrogens with zero attached hydrogens (tertiary/aromatic N) is 1. The number of carbonyl (C=O) groups excluding carboxylic acids is 1. The fraction of sp³-hybridized carbons (Fsp3) is 0.286. The van der Waals surface area contributed by atoms with E-state index in [1.54, 1.807) is 35.2 Å². The molecule has 7 heteroatoms. The van der Waals surface area contributed by atoms with Gasteiger partial charge in [0.1, 0.15) is 12.4 Å². The van der Waals surface area contributed by atoms with Crippen molar-refractivity contribution >= 4 is 31.7 Å². The van der Waals surface area contributed by atoms with Gasteiger partial charge in [-0.1, -0.05) is 40.7 Å². The number of ether oxygens (including phenoxy) is 1. The molecule has 28 heavy (non-hydrogen) atoms. The van der Waals surface area contributed by atoms with Crippen molar-refractivity contribution in [3.05, 3.63) is 76.8 Å². The molecular weight excluding hydrogens is 442 g/mol. The minimum Gasteiger partial charge on any atom is -0.490 e. The van der Waals surface area contributed by atoms with Gasteiger partial charge in [0, 0.05) is 22.6 Å². The molecule has 1 aliphatic rings. The van der Waals surface area contributed by atoms with Gasteiger partial charge in [0.2, 0.25) is 0 Å². The third-order valence-corrected chi connectivity index (χ3v) is 6.86. The Bertz CT molecular complexity index is 957. The summed E-state index contributed by atoms with van der Waals surface area (Å²) in [6.45, 7) is 4.35. The second-order valence-electron chi connectivity index (χ2n) is 6.74. The minimum atomic E-state index is -3.11. The molecule has 2 aromatic rings. The highest BCUT2D eigenvalue weighted by Crippen LogP contribution is 2.24. The van der Waals surface area contributed by atoms with Gasteiger partial charge >= 0.3 is 0 Å². The fourth-order valence-electron chi connectivity index (χ4n) is 3.23. The third-order valence-electron chi connectivity index (χ3n) is 4.62. The summed E-state index contributed by atoms with van der Waals surface area (Å²) < 4.78 is 30.3. The molecule has 0 unspecified atom stereocenters. The number of benzene rings is 2. The van der Waals surface area contributed by atoms with E-state index in [1.165, 1.54) is 0 Å². The monoisotopic (exact) mass is 463 g/mol. The Balaban J connectivity index is 1.85. The standard InChI is InChI=1S/C21H22BrNO4S/c1-2-11-27-20-8-6-17(7-9-20)21(24)23(19-10-12-28(25,26)15-19)14-16-4-3-5-18(22)13-16/h2-9,13,19H,1,10-12,14-15H2/t19-/m0/s1. The predicted octanol–water partition coefficient (Wildman–Crippen LogP) is 3.84. The summed E-state index contributed by atoms with van der Waals surface area (Å²) in [6, 6.07) is 14.2. The first-order chi connectivity index (χ1) is 13.4. The van der Waals surface area contributed by atoms with Gasteiger partial charge in [0.05, 0.1) is 11.5 Å². The molecule has 0 bridgehead atoms. The largest absolute Gasteiger partial charge is 0.490 e. The number of sulfone groups is 1. The molecule has 0 radical (unpaired) electrons. The molecule has 1 aliphatic heterocycles. The molecule has 0 N–H and O–H groups in total. The van der Waals surface area contributed by atoms with Crippen LogP contribution in [0, 0.1) is 0 Å². The lowest BCUT2D eigenvalue weighted by atomic mass is 10.1. The lowest BCUT2D eigenvalue weighted by Gasteiger charge is -2.28. The molecule has 5 nitrogen and oxygen atoms in total. The summed E-state index contributed by atoms with van der Waals surface area (Å²) in [7, 11) is -3.11. The van der Waals surface area contributed by atoms with Gasteiger partial charge in [-0.15, -0.1) is 0 Å². The highest BCUT2D eigenvalue weighted by Gasteiger charge is 2.35. The van der Waals surface area contributed by atoms with Crippen LogP contribution in [0.2, 0.25) is 0 Å². The summed E-state index contributed by atoms with van der Waals surface area (Å²) >= 11 is 3.44. The second kappa shape index (κ2) is 8.92. The van der Waals surface area contributed by atoms with Crippen molar-refractivity contribution in [1.29, 1.82) is 0 Å². The van der Waals surface area contributed by atoms with E-state index in [4.69, 9.17) is 4.74 Å². The Kier molecular flexibility index (Phi) is 6.57. The number of halogens is 1.